The van der Waals surface area contributed by atoms with E-state index in [1.807, 2.05) is 17.0 Å². The van der Waals surface area contributed by atoms with E-state index in [9.17, 15) is 4.79 Å². The lowest BCUT2D eigenvalue weighted by Gasteiger charge is -2.30. The minimum atomic E-state index is 0.221. The van der Waals surface area contributed by atoms with E-state index in [-0.39, 0.29) is 5.91 Å². The van der Waals surface area contributed by atoms with E-state index in [4.69, 9.17) is 0 Å². The predicted octanol–water partition coefficient (Wildman–Crippen LogP) is 4.19. The smallest absolute Gasteiger partial charge is 0.227 e. The number of carbonyl (C=O) groups excluding carboxylic acids is 1. The number of halogens is 1. The van der Waals surface area contributed by atoms with Crippen molar-refractivity contribution in [3.63, 3.8) is 0 Å². The Labute approximate surface area is 140 Å². The molecule has 2 aromatic rings. The normalized spacial score (nSPS) is 13.9. The van der Waals surface area contributed by atoms with Crippen molar-refractivity contribution in [2.45, 2.75) is 33.2 Å². The van der Waals surface area contributed by atoms with Gasteiger partial charge in [0.05, 0.1) is 6.42 Å². The largest absolute Gasteiger partial charge is 0.338 e. The van der Waals surface area contributed by atoms with Gasteiger partial charge < -0.3 is 4.90 Å². The van der Waals surface area contributed by atoms with Crippen molar-refractivity contribution < 1.29 is 4.79 Å². The van der Waals surface area contributed by atoms with Gasteiger partial charge >= 0.3 is 0 Å². The molecule has 1 heterocycles. The van der Waals surface area contributed by atoms with Crippen LogP contribution in [-0.2, 0) is 24.2 Å². The van der Waals surface area contributed by atoms with Gasteiger partial charge in [-0.15, -0.1) is 0 Å². The maximum absolute atomic E-state index is 12.6. The van der Waals surface area contributed by atoms with E-state index in [1.165, 1.54) is 22.3 Å². The van der Waals surface area contributed by atoms with Crippen LogP contribution in [0.4, 0.5) is 0 Å². The molecule has 2 nitrogen and oxygen atoms in total. The summed E-state index contributed by atoms with van der Waals surface area (Å²) in [5, 5.41) is 0. The lowest BCUT2D eigenvalue weighted by molar-refractivity contribution is -0.131. The van der Waals surface area contributed by atoms with Crippen molar-refractivity contribution in [2.75, 3.05) is 6.54 Å². The molecule has 3 rings (SSSR count). The fraction of sp³-hybridized carbons (Fsp3) is 0.316. The second-order valence-electron chi connectivity index (χ2n) is 6.09. The van der Waals surface area contributed by atoms with Crippen LogP contribution in [0.3, 0.4) is 0 Å². The van der Waals surface area contributed by atoms with Gasteiger partial charge in [-0.2, -0.15) is 0 Å². The Bertz CT molecular complexity index is 723. The van der Waals surface area contributed by atoms with E-state index >= 15 is 0 Å². The summed E-state index contributed by atoms with van der Waals surface area (Å²) >= 11 is 3.56. The highest BCUT2D eigenvalue weighted by Crippen LogP contribution is 2.26. The molecule has 1 aliphatic heterocycles. The first kappa shape index (κ1) is 15.3. The van der Waals surface area contributed by atoms with Crippen LogP contribution in [0.25, 0.3) is 0 Å². The number of aryl methyl sites for hydroxylation is 2. The van der Waals surface area contributed by atoms with Crippen molar-refractivity contribution >= 4 is 21.8 Å². The topological polar surface area (TPSA) is 20.3 Å². The highest BCUT2D eigenvalue weighted by molar-refractivity contribution is 9.10. The van der Waals surface area contributed by atoms with Gasteiger partial charge in [-0.25, -0.2) is 0 Å². The molecule has 1 aliphatic rings. The van der Waals surface area contributed by atoms with Crippen molar-refractivity contribution in [3.8, 4) is 0 Å². The first-order valence-corrected chi connectivity index (χ1v) is 8.43. The number of amides is 1. The summed E-state index contributed by atoms with van der Waals surface area (Å²) in [6.45, 7) is 5.73. The molecule has 0 saturated heterocycles. The molecule has 3 heteroatoms. The summed E-state index contributed by atoms with van der Waals surface area (Å²) in [6, 6.07) is 12.5. The molecule has 0 aromatic heterocycles. The molecule has 0 radical (unpaired) electrons. The molecule has 0 aliphatic carbocycles. The number of rotatable bonds is 2. The van der Waals surface area contributed by atoms with Crippen LogP contribution in [0, 0.1) is 13.8 Å². The third kappa shape index (κ3) is 3.25. The summed E-state index contributed by atoms with van der Waals surface area (Å²) in [4.78, 5) is 14.6. The molecule has 22 heavy (non-hydrogen) atoms. The van der Waals surface area contributed by atoms with Gasteiger partial charge in [0.25, 0.3) is 0 Å². The SMILES string of the molecule is Cc1cccc(CC(=O)N2CCc3cc(Br)cc(C)c3C2)c1. The number of benzene rings is 2. The fourth-order valence-electron chi connectivity index (χ4n) is 3.14. The van der Waals surface area contributed by atoms with Crippen molar-refractivity contribution in [1.82, 2.24) is 4.90 Å². The third-order valence-electron chi connectivity index (χ3n) is 4.32. The average molecular weight is 358 g/mol. The monoisotopic (exact) mass is 357 g/mol. The molecule has 0 saturated carbocycles. The van der Waals surface area contributed by atoms with Gasteiger partial charge in [0.2, 0.25) is 5.91 Å². The Morgan fingerprint density at radius 3 is 2.82 bits per heavy atom. The minimum absolute atomic E-state index is 0.221. The zero-order chi connectivity index (χ0) is 15.7. The second-order valence-corrected chi connectivity index (χ2v) is 7.01. The van der Waals surface area contributed by atoms with Gasteiger partial charge in [-0.05, 0) is 54.7 Å². The first-order valence-electron chi connectivity index (χ1n) is 7.64. The fourth-order valence-corrected chi connectivity index (χ4v) is 3.76. The van der Waals surface area contributed by atoms with Crippen LogP contribution in [0.1, 0.15) is 27.8 Å². The minimum Gasteiger partial charge on any atom is -0.338 e. The molecule has 114 valence electrons. The second kappa shape index (κ2) is 6.25. The van der Waals surface area contributed by atoms with Crippen LogP contribution in [0.15, 0.2) is 40.9 Å². The summed E-state index contributed by atoms with van der Waals surface area (Å²) in [5.41, 5.74) is 6.24. The van der Waals surface area contributed by atoms with Gasteiger partial charge in [-0.3, -0.25) is 4.79 Å². The lowest BCUT2D eigenvalue weighted by atomic mass is 9.95. The summed E-state index contributed by atoms with van der Waals surface area (Å²) in [5.74, 6) is 0.221. The van der Waals surface area contributed by atoms with E-state index in [0.717, 1.165) is 29.5 Å². The molecular formula is C19H20BrNO. The van der Waals surface area contributed by atoms with Crippen molar-refractivity contribution in [3.05, 3.63) is 68.7 Å². The maximum Gasteiger partial charge on any atom is 0.227 e. The van der Waals surface area contributed by atoms with Gasteiger partial charge in [-0.1, -0.05) is 45.8 Å². The molecule has 0 bridgehead atoms. The van der Waals surface area contributed by atoms with E-state index in [1.54, 1.807) is 0 Å². The predicted molar refractivity (Wildman–Crippen MR) is 92.9 cm³/mol. The summed E-state index contributed by atoms with van der Waals surface area (Å²) in [6.07, 6.45) is 1.43. The van der Waals surface area contributed by atoms with Crippen LogP contribution >= 0.6 is 15.9 Å². The number of carbonyl (C=O) groups is 1. The van der Waals surface area contributed by atoms with Crippen LogP contribution in [-0.4, -0.2) is 17.4 Å². The average Bonchev–Trinajstić information content (AvgIpc) is 2.46. The van der Waals surface area contributed by atoms with E-state index < -0.39 is 0 Å². The molecule has 0 N–H and O–H groups in total. The Balaban J connectivity index is 1.75. The molecule has 0 atom stereocenters. The van der Waals surface area contributed by atoms with Crippen LogP contribution < -0.4 is 0 Å². The summed E-state index contributed by atoms with van der Waals surface area (Å²) in [7, 11) is 0. The Kier molecular flexibility index (Phi) is 4.34. The number of fused-ring (bicyclic) bond motifs is 1. The maximum atomic E-state index is 12.6. The molecule has 1 amide bonds. The van der Waals surface area contributed by atoms with E-state index in [2.05, 4.69) is 54.0 Å². The first-order chi connectivity index (χ1) is 10.5. The summed E-state index contributed by atoms with van der Waals surface area (Å²) < 4.78 is 1.13. The van der Waals surface area contributed by atoms with Crippen molar-refractivity contribution in [2.24, 2.45) is 0 Å². The molecule has 0 spiro atoms. The zero-order valence-electron chi connectivity index (χ0n) is 13.0. The Morgan fingerprint density at radius 2 is 2.05 bits per heavy atom. The molecule has 0 fully saturated rings. The van der Waals surface area contributed by atoms with Gasteiger partial charge in [0.1, 0.15) is 0 Å². The number of nitrogens with zero attached hydrogens (tertiary/aromatic N) is 1. The highest BCUT2D eigenvalue weighted by atomic mass is 79.9. The molecular weight excluding hydrogens is 338 g/mol. The zero-order valence-corrected chi connectivity index (χ0v) is 14.6. The Hall–Kier alpha value is -1.61. The third-order valence-corrected chi connectivity index (χ3v) is 4.78. The van der Waals surface area contributed by atoms with Crippen molar-refractivity contribution in [1.29, 1.82) is 0 Å². The van der Waals surface area contributed by atoms with Crippen LogP contribution in [0.5, 0.6) is 0 Å². The lowest BCUT2D eigenvalue weighted by Crippen LogP contribution is -2.37. The molecule has 2 aromatic carbocycles. The number of hydrogen-bond donors (Lipinski definition) is 0. The van der Waals surface area contributed by atoms with Gasteiger partial charge in [0.15, 0.2) is 0 Å². The highest BCUT2D eigenvalue weighted by Gasteiger charge is 2.22. The standard InChI is InChI=1S/C19H20BrNO/c1-13-4-3-5-15(8-13)10-19(22)21-7-6-16-11-17(20)9-14(2)18(16)12-21/h3-5,8-9,11H,6-7,10,12H2,1-2H3. The van der Waals surface area contributed by atoms with E-state index in [0.29, 0.717) is 6.42 Å². The van der Waals surface area contributed by atoms with Crippen LogP contribution in [0.2, 0.25) is 0 Å². The number of hydrogen-bond acceptors (Lipinski definition) is 1. The quantitative estimate of drug-likeness (QED) is 0.788. The Morgan fingerprint density at radius 1 is 1.23 bits per heavy atom. The molecule has 0 unspecified atom stereocenters. The van der Waals surface area contributed by atoms with Gasteiger partial charge in [0, 0.05) is 17.6 Å².